The molecule has 1 saturated heterocycles. The summed E-state index contributed by atoms with van der Waals surface area (Å²) in [5.41, 5.74) is 0.654. The molecule has 120 valence electrons. The van der Waals surface area contributed by atoms with E-state index in [1.54, 1.807) is 18.6 Å². The molecule has 2 aromatic rings. The van der Waals surface area contributed by atoms with Gasteiger partial charge < -0.3 is 10.6 Å². The van der Waals surface area contributed by atoms with Gasteiger partial charge in [0.25, 0.3) is 0 Å². The van der Waals surface area contributed by atoms with Gasteiger partial charge in [0, 0.05) is 12.1 Å². The van der Waals surface area contributed by atoms with Gasteiger partial charge >= 0.3 is 0 Å². The van der Waals surface area contributed by atoms with E-state index in [2.05, 4.69) is 25.7 Å². The maximum atomic E-state index is 12.3. The Morgan fingerprint density at radius 3 is 2.77 bits per heavy atom. The fraction of sp³-hybridized carbons (Fsp3) is 0.385. The Hall–Kier alpha value is -1.70. The summed E-state index contributed by atoms with van der Waals surface area (Å²) in [7, 11) is 0. The summed E-state index contributed by atoms with van der Waals surface area (Å²) in [6.45, 7) is 1.78. The second-order valence-electron chi connectivity index (χ2n) is 4.73. The lowest BCUT2D eigenvalue weighted by molar-refractivity contribution is -0.120. The monoisotopic (exact) mass is 344 g/mol. The van der Waals surface area contributed by atoms with Gasteiger partial charge in [0.1, 0.15) is 12.7 Å². The molecular weight excluding hydrogens is 327 g/mol. The van der Waals surface area contributed by atoms with Crippen LogP contribution in [0.25, 0.3) is 5.82 Å². The summed E-state index contributed by atoms with van der Waals surface area (Å²) in [5.74, 6) is 0.674. The number of nitrogens with zero attached hydrogens (tertiary/aromatic N) is 4. The smallest absolute Gasteiger partial charge is 0.227 e. The molecule has 2 N–H and O–H groups in total. The van der Waals surface area contributed by atoms with E-state index in [1.165, 1.54) is 11.0 Å². The van der Waals surface area contributed by atoms with E-state index in [4.69, 9.17) is 0 Å². The maximum absolute atomic E-state index is 12.3. The zero-order valence-corrected chi connectivity index (χ0v) is 13.4. The number of hydrogen-bond acceptors (Lipinski definition) is 5. The van der Waals surface area contributed by atoms with Crippen molar-refractivity contribution < 1.29 is 4.79 Å². The molecule has 0 saturated carbocycles. The second kappa shape index (κ2) is 8.67. The normalized spacial score (nSPS) is 14.5. The third kappa shape index (κ3) is 4.16. The Balaban J connectivity index is 0.00000121. The van der Waals surface area contributed by atoms with Crippen LogP contribution in [0.1, 0.15) is 12.8 Å². The first-order valence-corrected chi connectivity index (χ1v) is 6.66. The van der Waals surface area contributed by atoms with Gasteiger partial charge in [0.15, 0.2) is 5.82 Å². The SMILES string of the molecule is Cl.Cl.O=C(Nc1cccnc1-n1cncn1)C1CCNCC1. The highest BCUT2D eigenvalue weighted by molar-refractivity contribution is 5.94. The Morgan fingerprint density at radius 2 is 2.09 bits per heavy atom. The zero-order chi connectivity index (χ0) is 13.8. The molecule has 3 heterocycles. The van der Waals surface area contributed by atoms with Gasteiger partial charge in [-0.3, -0.25) is 4.79 Å². The van der Waals surface area contributed by atoms with E-state index in [1.807, 2.05) is 6.07 Å². The molecule has 0 atom stereocenters. The van der Waals surface area contributed by atoms with Gasteiger partial charge in [0.2, 0.25) is 5.91 Å². The lowest BCUT2D eigenvalue weighted by Gasteiger charge is -2.22. The number of carbonyl (C=O) groups excluding carboxylic acids is 1. The van der Waals surface area contributed by atoms with Crippen molar-refractivity contribution in [1.29, 1.82) is 0 Å². The van der Waals surface area contributed by atoms with Gasteiger partial charge in [-0.2, -0.15) is 5.10 Å². The molecule has 1 aliphatic rings. The van der Waals surface area contributed by atoms with Crippen molar-refractivity contribution in [3.8, 4) is 5.82 Å². The molecule has 0 bridgehead atoms. The molecule has 1 amide bonds. The van der Waals surface area contributed by atoms with Gasteiger partial charge in [0.05, 0.1) is 5.69 Å². The van der Waals surface area contributed by atoms with E-state index in [0.717, 1.165) is 25.9 Å². The van der Waals surface area contributed by atoms with Crippen LogP contribution in [0.5, 0.6) is 0 Å². The molecule has 1 fully saturated rings. The van der Waals surface area contributed by atoms with Crippen molar-refractivity contribution in [2.45, 2.75) is 12.8 Å². The third-order valence-electron chi connectivity index (χ3n) is 3.39. The summed E-state index contributed by atoms with van der Waals surface area (Å²) in [6, 6.07) is 3.61. The van der Waals surface area contributed by atoms with Crippen LogP contribution in [0.4, 0.5) is 5.69 Å². The Labute approximate surface area is 140 Å². The number of halogens is 2. The van der Waals surface area contributed by atoms with E-state index >= 15 is 0 Å². The standard InChI is InChI=1S/C13H16N6O.2ClH/c20-13(10-3-6-14-7-4-10)18-11-2-1-5-16-12(11)19-9-15-8-17-19;;/h1-2,5,8-10,14H,3-4,6-7H2,(H,18,20);2*1H. The molecule has 0 radical (unpaired) electrons. The number of anilines is 1. The van der Waals surface area contributed by atoms with Crippen molar-refractivity contribution >= 4 is 36.4 Å². The first-order valence-electron chi connectivity index (χ1n) is 6.66. The van der Waals surface area contributed by atoms with Crippen molar-refractivity contribution in [1.82, 2.24) is 25.1 Å². The molecule has 1 aliphatic heterocycles. The summed E-state index contributed by atoms with van der Waals surface area (Å²) in [5, 5.41) is 10.3. The van der Waals surface area contributed by atoms with Gasteiger partial charge in [-0.1, -0.05) is 0 Å². The topological polar surface area (TPSA) is 84.7 Å². The molecule has 7 nitrogen and oxygen atoms in total. The van der Waals surface area contributed by atoms with Crippen LogP contribution in [0.15, 0.2) is 31.0 Å². The van der Waals surface area contributed by atoms with E-state index < -0.39 is 0 Å². The van der Waals surface area contributed by atoms with Crippen LogP contribution in [0.2, 0.25) is 0 Å². The lowest BCUT2D eigenvalue weighted by atomic mass is 9.97. The summed E-state index contributed by atoms with van der Waals surface area (Å²) < 4.78 is 1.54. The van der Waals surface area contributed by atoms with Crippen LogP contribution in [0, 0.1) is 5.92 Å². The van der Waals surface area contributed by atoms with E-state index in [-0.39, 0.29) is 36.6 Å². The first-order chi connectivity index (χ1) is 9.84. The highest BCUT2D eigenvalue weighted by Gasteiger charge is 2.22. The van der Waals surface area contributed by atoms with Crippen molar-refractivity contribution in [2.75, 3.05) is 18.4 Å². The van der Waals surface area contributed by atoms with E-state index in [0.29, 0.717) is 11.5 Å². The number of piperidine rings is 1. The van der Waals surface area contributed by atoms with Crippen molar-refractivity contribution in [3.05, 3.63) is 31.0 Å². The largest absolute Gasteiger partial charge is 0.323 e. The fourth-order valence-electron chi connectivity index (χ4n) is 2.31. The quantitative estimate of drug-likeness (QED) is 0.880. The van der Waals surface area contributed by atoms with Crippen LogP contribution in [-0.2, 0) is 4.79 Å². The Kier molecular flexibility index (Phi) is 7.23. The molecule has 3 rings (SSSR count). The van der Waals surface area contributed by atoms with Gasteiger partial charge in [-0.25, -0.2) is 14.6 Å². The fourth-order valence-corrected chi connectivity index (χ4v) is 2.31. The molecule has 2 aromatic heterocycles. The zero-order valence-electron chi connectivity index (χ0n) is 11.8. The minimum Gasteiger partial charge on any atom is -0.323 e. The summed E-state index contributed by atoms with van der Waals surface area (Å²) >= 11 is 0. The minimum absolute atomic E-state index is 0. The second-order valence-corrected chi connectivity index (χ2v) is 4.73. The number of hydrogen-bond donors (Lipinski definition) is 2. The minimum atomic E-state index is 0. The number of rotatable bonds is 3. The van der Waals surface area contributed by atoms with Crippen LogP contribution in [0.3, 0.4) is 0 Å². The highest BCUT2D eigenvalue weighted by atomic mass is 35.5. The molecule has 0 spiro atoms. The van der Waals surface area contributed by atoms with Crippen molar-refractivity contribution in [3.63, 3.8) is 0 Å². The Bertz CT molecular complexity index is 586. The summed E-state index contributed by atoms with van der Waals surface area (Å²) in [4.78, 5) is 20.4. The molecule has 0 aliphatic carbocycles. The third-order valence-corrected chi connectivity index (χ3v) is 3.39. The molecular formula is C13H18Cl2N6O. The van der Waals surface area contributed by atoms with Crippen LogP contribution < -0.4 is 10.6 Å². The lowest BCUT2D eigenvalue weighted by Crippen LogP contribution is -2.34. The average Bonchev–Trinajstić information content (AvgIpc) is 3.03. The van der Waals surface area contributed by atoms with E-state index in [9.17, 15) is 4.79 Å². The number of pyridine rings is 1. The Morgan fingerprint density at radius 1 is 1.32 bits per heavy atom. The number of amides is 1. The summed E-state index contributed by atoms with van der Waals surface area (Å²) in [6.07, 6.45) is 6.39. The maximum Gasteiger partial charge on any atom is 0.227 e. The molecule has 22 heavy (non-hydrogen) atoms. The molecule has 0 aromatic carbocycles. The van der Waals surface area contributed by atoms with Crippen molar-refractivity contribution in [2.24, 2.45) is 5.92 Å². The number of carbonyl (C=O) groups is 1. The average molecular weight is 345 g/mol. The predicted molar refractivity (Wildman–Crippen MR) is 87.9 cm³/mol. The number of nitrogens with one attached hydrogen (secondary N) is 2. The predicted octanol–water partition coefficient (Wildman–Crippen LogP) is 1.44. The number of aromatic nitrogens is 4. The molecule has 9 heteroatoms. The molecule has 0 unspecified atom stereocenters. The first kappa shape index (κ1) is 18.3. The van der Waals surface area contributed by atoms with Gasteiger partial charge in [-0.05, 0) is 38.1 Å². The van der Waals surface area contributed by atoms with Gasteiger partial charge in [-0.15, -0.1) is 24.8 Å². The highest BCUT2D eigenvalue weighted by Crippen LogP contribution is 2.19. The van der Waals surface area contributed by atoms with Crippen LogP contribution >= 0.6 is 24.8 Å². The van der Waals surface area contributed by atoms with Crippen LogP contribution in [-0.4, -0.2) is 38.7 Å².